The molecule has 0 aliphatic rings. The number of aryl methyl sites for hydroxylation is 2. The van der Waals surface area contributed by atoms with Gasteiger partial charge in [-0.05, 0) is 44.2 Å². The summed E-state index contributed by atoms with van der Waals surface area (Å²) in [4.78, 5) is 8.89. The van der Waals surface area contributed by atoms with Crippen LogP contribution in [0.25, 0.3) is 0 Å². The molecule has 0 amide bonds. The third-order valence-electron chi connectivity index (χ3n) is 3.98. The van der Waals surface area contributed by atoms with E-state index in [4.69, 9.17) is 11.6 Å². The van der Waals surface area contributed by atoms with Gasteiger partial charge >= 0.3 is 0 Å². The number of nitrogens with one attached hydrogen (secondary N) is 3. The summed E-state index contributed by atoms with van der Waals surface area (Å²) in [7, 11) is -3.63. The highest BCUT2D eigenvalue weighted by molar-refractivity contribution is 7.89. The lowest BCUT2D eigenvalue weighted by molar-refractivity contribution is 0.583. The molecule has 0 saturated carbocycles. The van der Waals surface area contributed by atoms with Gasteiger partial charge in [0.1, 0.15) is 5.82 Å². The molecule has 0 aliphatic carbocycles. The Morgan fingerprint density at radius 2 is 1.72 bits per heavy atom. The van der Waals surface area contributed by atoms with Gasteiger partial charge in [-0.15, -0.1) is 0 Å². The van der Waals surface area contributed by atoms with Crippen LogP contribution >= 0.6 is 11.6 Å². The number of aromatic nitrogens is 2. The Bertz CT molecular complexity index is 1090. The van der Waals surface area contributed by atoms with Gasteiger partial charge in [0, 0.05) is 35.6 Å². The van der Waals surface area contributed by atoms with Crippen molar-refractivity contribution in [2.45, 2.75) is 18.7 Å². The minimum absolute atomic E-state index is 0.126. The quantitative estimate of drug-likeness (QED) is 0.468. The molecule has 3 N–H and O–H groups in total. The van der Waals surface area contributed by atoms with Gasteiger partial charge in [0.15, 0.2) is 0 Å². The molecule has 0 bridgehead atoms. The first-order chi connectivity index (χ1) is 13.8. The Labute approximate surface area is 175 Å². The van der Waals surface area contributed by atoms with Gasteiger partial charge in [-0.1, -0.05) is 35.4 Å². The van der Waals surface area contributed by atoms with Crippen molar-refractivity contribution in [3.63, 3.8) is 0 Å². The summed E-state index contributed by atoms with van der Waals surface area (Å²) in [5.74, 6) is 1.07. The zero-order valence-electron chi connectivity index (χ0n) is 16.1. The van der Waals surface area contributed by atoms with Crippen molar-refractivity contribution in [2.24, 2.45) is 0 Å². The third kappa shape index (κ3) is 6.15. The van der Waals surface area contributed by atoms with Crippen molar-refractivity contribution < 1.29 is 8.42 Å². The van der Waals surface area contributed by atoms with Crippen LogP contribution in [0.4, 0.5) is 17.5 Å². The first-order valence-corrected chi connectivity index (χ1v) is 10.9. The zero-order valence-corrected chi connectivity index (χ0v) is 17.7. The molecule has 29 heavy (non-hydrogen) atoms. The third-order valence-corrected chi connectivity index (χ3v) is 5.68. The first-order valence-electron chi connectivity index (χ1n) is 9.00. The molecule has 3 rings (SSSR count). The Balaban J connectivity index is 1.58. The molecule has 7 nitrogen and oxygen atoms in total. The van der Waals surface area contributed by atoms with Gasteiger partial charge in [0.25, 0.3) is 0 Å². The normalized spacial score (nSPS) is 11.3. The van der Waals surface area contributed by atoms with Crippen molar-refractivity contribution in [1.82, 2.24) is 14.7 Å². The highest BCUT2D eigenvalue weighted by Crippen LogP contribution is 2.17. The monoisotopic (exact) mass is 431 g/mol. The van der Waals surface area contributed by atoms with Gasteiger partial charge in [-0.25, -0.2) is 18.1 Å². The summed E-state index contributed by atoms with van der Waals surface area (Å²) in [5, 5.41) is 6.65. The van der Waals surface area contributed by atoms with E-state index in [1.54, 1.807) is 12.1 Å². The van der Waals surface area contributed by atoms with E-state index in [2.05, 4.69) is 25.3 Å². The van der Waals surface area contributed by atoms with E-state index in [9.17, 15) is 8.42 Å². The number of rotatable bonds is 8. The molecule has 0 aliphatic heterocycles. The number of hydrogen-bond donors (Lipinski definition) is 3. The van der Waals surface area contributed by atoms with E-state index in [1.165, 1.54) is 17.7 Å². The second-order valence-electron chi connectivity index (χ2n) is 6.49. The highest BCUT2D eigenvalue weighted by atomic mass is 35.5. The molecule has 0 spiro atoms. The Morgan fingerprint density at radius 1 is 0.966 bits per heavy atom. The Hall–Kier alpha value is -2.68. The molecule has 1 heterocycles. The van der Waals surface area contributed by atoms with Crippen molar-refractivity contribution in [2.75, 3.05) is 23.7 Å². The minimum atomic E-state index is -3.63. The first kappa shape index (κ1) is 21.0. The van der Waals surface area contributed by atoms with Gasteiger partial charge in [-0.2, -0.15) is 4.98 Å². The fourth-order valence-electron chi connectivity index (χ4n) is 2.57. The molecule has 3 aromatic rings. The molecule has 152 valence electrons. The highest BCUT2D eigenvalue weighted by Gasteiger charge is 2.13. The molecule has 0 saturated heterocycles. The number of nitrogens with zero attached hydrogens (tertiary/aromatic N) is 2. The zero-order chi connectivity index (χ0) is 20.9. The van der Waals surface area contributed by atoms with Crippen molar-refractivity contribution in [1.29, 1.82) is 0 Å². The maximum absolute atomic E-state index is 12.3. The predicted octanol–water partition coefficient (Wildman–Crippen LogP) is 3.88. The molecule has 9 heteroatoms. The van der Waals surface area contributed by atoms with Crippen molar-refractivity contribution in [3.05, 3.63) is 70.9 Å². The fourth-order valence-corrected chi connectivity index (χ4v) is 3.91. The van der Waals surface area contributed by atoms with Crippen LogP contribution in [0.3, 0.4) is 0 Å². The van der Waals surface area contributed by atoms with Gasteiger partial charge in [-0.3, -0.25) is 0 Å². The van der Waals surface area contributed by atoms with E-state index < -0.39 is 10.0 Å². The van der Waals surface area contributed by atoms with E-state index in [0.717, 1.165) is 11.4 Å². The summed E-state index contributed by atoms with van der Waals surface area (Å²) in [5.41, 5.74) is 2.89. The van der Waals surface area contributed by atoms with Gasteiger partial charge in [0.2, 0.25) is 16.0 Å². The summed E-state index contributed by atoms with van der Waals surface area (Å²) in [6, 6.07) is 15.9. The number of anilines is 3. The predicted molar refractivity (Wildman–Crippen MR) is 116 cm³/mol. The van der Waals surface area contributed by atoms with Gasteiger partial charge < -0.3 is 10.6 Å². The van der Waals surface area contributed by atoms with Crippen LogP contribution in [-0.2, 0) is 10.0 Å². The van der Waals surface area contributed by atoms with Gasteiger partial charge in [0.05, 0.1) is 4.90 Å². The average molecular weight is 432 g/mol. The molecular weight excluding hydrogens is 410 g/mol. The van der Waals surface area contributed by atoms with Crippen molar-refractivity contribution in [3.8, 4) is 0 Å². The number of hydrogen-bond acceptors (Lipinski definition) is 6. The topological polar surface area (TPSA) is 96.0 Å². The standard InChI is InChI=1S/C20H22ClN5O2S/c1-14-6-8-17(9-7-14)25-19-12-15(2)24-20(26-19)22-10-11-23-29(27,28)18-5-3-4-16(21)13-18/h3-9,12-13,23H,10-11H2,1-2H3,(H2,22,24,25,26). The summed E-state index contributed by atoms with van der Waals surface area (Å²) >= 11 is 5.86. The molecule has 0 radical (unpaired) electrons. The molecule has 0 unspecified atom stereocenters. The van der Waals surface area contributed by atoms with E-state index >= 15 is 0 Å². The summed E-state index contributed by atoms with van der Waals surface area (Å²) in [6.45, 7) is 4.40. The SMILES string of the molecule is Cc1ccc(Nc2cc(C)nc(NCCNS(=O)(=O)c3cccc(Cl)c3)n2)cc1. The number of sulfonamides is 1. The van der Waals surface area contributed by atoms with Crippen LogP contribution in [0.15, 0.2) is 59.5 Å². The van der Waals surface area contributed by atoms with E-state index in [-0.39, 0.29) is 11.4 Å². The van der Waals surface area contributed by atoms with E-state index in [0.29, 0.717) is 23.3 Å². The van der Waals surface area contributed by atoms with Crippen LogP contribution in [0, 0.1) is 13.8 Å². The number of halogens is 1. The molecular formula is C20H22ClN5O2S. The van der Waals surface area contributed by atoms with Crippen LogP contribution in [0.1, 0.15) is 11.3 Å². The minimum Gasteiger partial charge on any atom is -0.353 e. The Morgan fingerprint density at radius 3 is 2.45 bits per heavy atom. The second kappa shape index (κ2) is 9.21. The summed E-state index contributed by atoms with van der Waals surface area (Å²) in [6.07, 6.45) is 0. The second-order valence-corrected chi connectivity index (χ2v) is 8.69. The van der Waals surface area contributed by atoms with Crippen LogP contribution < -0.4 is 15.4 Å². The molecule has 0 fully saturated rings. The summed E-state index contributed by atoms with van der Waals surface area (Å²) < 4.78 is 27.1. The van der Waals surface area contributed by atoms with Crippen LogP contribution in [-0.4, -0.2) is 31.5 Å². The van der Waals surface area contributed by atoms with Crippen molar-refractivity contribution >= 4 is 39.1 Å². The maximum Gasteiger partial charge on any atom is 0.240 e. The lowest BCUT2D eigenvalue weighted by atomic mass is 10.2. The lowest BCUT2D eigenvalue weighted by Crippen LogP contribution is -2.29. The smallest absolute Gasteiger partial charge is 0.240 e. The molecule has 1 aromatic heterocycles. The Kier molecular flexibility index (Phi) is 6.68. The van der Waals surface area contributed by atoms with Crippen LogP contribution in [0.2, 0.25) is 5.02 Å². The largest absolute Gasteiger partial charge is 0.353 e. The van der Waals surface area contributed by atoms with E-state index in [1.807, 2.05) is 44.2 Å². The average Bonchev–Trinajstić information content (AvgIpc) is 2.67. The molecule has 2 aromatic carbocycles. The maximum atomic E-state index is 12.3. The van der Waals surface area contributed by atoms with Crippen LogP contribution in [0.5, 0.6) is 0 Å². The molecule has 0 atom stereocenters. The lowest BCUT2D eigenvalue weighted by Gasteiger charge is -2.11. The number of benzene rings is 2. The fraction of sp³-hybridized carbons (Fsp3) is 0.200.